The van der Waals surface area contributed by atoms with Gasteiger partial charge >= 0.3 is 5.69 Å². The number of nitrogens with zero attached hydrogens (tertiary/aromatic N) is 2. The number of aromatic nitrogens is 2. The molecule has 1 aromatic carbocycles. The van der Waals surface area contributed by atoms with Gasteiger partial charge in [-0.3, -0.25) is 4.57 Å². The molecule has 0 fully saturated rings. The monoisotopic (exact) mass is 278 g/mol. The minimum atomic E-state index is -0.217. The van der Waals surface area contributed by atoms with Crippen LogP contribution in [-0.2, 0) is 6.54 Å². The van der Waals surface area contributed by atoms with E-state index in [9.17, 15) is 4.79 Å². The van der Waals surface area contributed by atoms with Crippen LogP contribution >= 0.6 is 15.9 Å². The van der Waals surface area contributed by atoms with Crippen molar-refractivity contribution in [2.75, 3.05) is 0 Å². The average Bonchev–Trinajstić information content (AvgIpc) is 2.24. The number of rotatable bonds is 2. The Morgan fingerprint density at radius 2 is 2.25 bits per heavy atom. The van der Waals surface area contributed by atoms with Crippen LogP contribution in [0.15, 0.2) is 45.9 Å². The summed E-state index contributed by atoms with van der Waals surface area (Å²) in [6, 6.07) is 7.89. The molecule has 0 saturated carbocycles. The number of hydrogen-bond donors (Lipinski definition) is 0. The molecule has 1 heterocycles. The topological polar surface area (TPSA) is 34.9 Å². The molecule has 1 aromatic heterocycles. The third-order valence-corrected chi connectivity index (χ3v) is 2.72. The molecule has 0 aliphatic heterocycles. The second-order valence-corrected chi connectivity index (χ2v) is 4.59. The van der Waals surface area contributed by atoms with Crippen molar-refractivity contribution >= 4 is 15.9 Å². The van der Waals surface area contributed by atoms with Crippen LogP contribution in [0.3, 0.4) is 0 Å². The smallest absolute Gasteiger partial charge is 0.294 e. The zero-order valence-electron chi connectivity index (χ0n) is 8.85. The first-order valence-corrected chi connectivity index (χ1v) is 5.72. The lowest BCUT2D eigenvalue weighted by Gasteiger charge is -2.06. The molecule has 2 aromatic rings. The highest BCUT2D eigenvalue weighted by Gasteiger charge is 1.99. The highest BCUT2D eigenvalue weighted by Crippen LogP contribution is 2.12. The molecule has 16 heavy (non-hydrogen) atoms. The maximum absolute atomic E-state index is 11.5. The first-order chi connectivity index (χ1) is 7.65. The number of halogens is 1. The highest BCUT2D eigenvalue weighted by atomic mass is 79.9. The molecule has 0 bridgehead atoms. The van der Waals surface area contributed by atoms with Crippen molar-refractivity contribution in [2.24, 2.45) is 0 Å². The zero-order valence-corrected chi connectivity index (χ0v) is 10.4. The van der Waals surface area contributed by atoms with E-state index in [1.807, 2.05) is 37.4 Å². The van der Waals surface area contributed by atoms with Crippen LogP contribution < -0.4 is 5.69 Å². The van der Waals surface area contributed by atoms with Crippen molar-refractivity contribution in [3.63, 3.8) is 0 Å². The SMILES string of the molecule is Cc1cnc(=O)n(Cc2cccc(Br)c2)c1. The van der Waals surface area contributed by atoms with E-state index in [0.717, 1.165) is 15.6 Å². The molecular formula is C12H11BrN2O. The maximum atomic E-state index is 11.5. The van der Waals surface area contributed by atoms with Crippen molar-refractivity contribution in [2.45, 2.75) is 13.5 Å². The summed E-state index contributed by atoms with van der Waals surface area (Å²) >= 11 is 3.41. The van der Waals surface area contributed by atoms with Crippen molar-refractivity contribution in [3.05, 3.63) is 62.7 Å². The van der Waals surface area contributed by atoms with Gasteiger partial charge in [-0.15, -0.1) is 0 Å². The molecule has 0 aliphatic carbocycles. The van der Waals surface area contributed by atoms with E-state index in [1.54, 1.807) is 10.8 Å². The maximum Gasteiger partial charge on any atom is 0.347 e. The van der Waals surface area contributed by atoms with Crippen LogP contribution in [0.2, 0.25) is 0 Å². The lowest BCUT2D eigenvalue weighted by atomic mass is 10.2. The Labute approximate surface area is 102 Å². The normalized spacial score (nSPS) is 10.4. The van der Waals surface area contributed by atoms with Crippen molar-refractivity contribution in [3.8, 4) is 0 Å². The van der Waals surface area contributed by atoms with Crippen LogP contribution in [0, 0.1) is 6.92 Å². The summed E-state index contributed by atoms with van der Waals surface area (Å²) in [6.07, 6.45) is 3.40. The fraction of sp³-hybridized carbons (Fsp3) is 0.167. The van der Waals surface area contributed by atoms with Crippen molar-refractivity contribution in [1.82, 2.24) is 9.55 Å². The standard InChI is InChI=1S/C12H11BrN2O/c1-9-6-14-12(16)15(7-9)8-10-3-2-4-11(13)5-10/h2-7H,8H2,1H3. The third-order valence-electron chi connectivity index (χ3n) is 2.23. The molecule has 4 heteroatoms. The van der Waals surface area contributed by atoms with Gasteiger partial charge in [0, 0.05) is 16.9 Å². The van der Waals surface area contributed by atoms with Gasteiger partial charge in [0.25, 0.3) is 0 Å². The highest BCUT2D eigenvalue weighted by molar-refractivity contribution is 9.10. The molecule has 0 amide bonds. The molecule has 0 aliphatic rings. The second kappa shape index (κ2) is 4.61. The van der Waals surface area contributed by atoms with Gasteiger partial charge in [0.15, 0.2) is 0 Å². The minimum Gasteiger partial charge on any atom is -0.294 e. The fourth-order valence-corrected chi connectivity index (χ4v) is 1.96. The van der Waals surface area contributed by atoms with Gasteiger partial charge in [-0.25, -0.2) is 9.78 Å². The van der Waals surface area contributed by atoms with Crippen LogP contribution in [0.1, 0.15) is 11.1 Å². The van der Waals surface area contributed by atoms with Crippen LogP contribution in [0.25, 0.3) is 0 Å². The van der Waals surface area contributed by atoms with Crippen LogP contribution in [0.4, 0.5) is 0 Å². The van der Waals surface area contributed by atoms with Gasteiger partial charge in [-0.1, -0.05) is 28.1 Å². The van der Waals surface area contributed by atoms with E-state index >= 15 is 0 Å². The first kappa shape index (κ1) is 11.1. The van der Waals surface area contributed by atoms with E-state index < -0.39 is 0 Å². The quantitative estimate of drug-likeness (QED) is 0.845. The van der Waals surface area contributed by atoms with E-state index in [2.05, 4.69) is 20.9 Å². The summed E-state index contributed by atoms with van der Waals surface area (Å²) in [5.74, 6) is 0. The van der Waals surface area contributed by atoms with E-state index in [4.69, 9.17) is 0 Å². The summed E-state index contributed by atoms with van der Waals surface area (Å²) in [6.45, 7) is 2.47. The molecule has 0 unspecified atom stereocenters. The lowest BCUT2D eigenvalue weighted by Crippen LogP contribution is -2.22. The summed E-state index contributed by atoms with van der Waals surface area (Å²) in [4.78, 5) is 15.3. The van der Waals surface area contributed by atoms with E-state index in [-0.39, 0.29) is 5.69 Å². The third kappa shape index (κ3) is 2.58. The number of hydrogen-bond acceptors (Lipinski definition) is 2. The predicted octanol–water partition coefficient (Wildman–Crippen LogP) is 2.36. The van der Waals surface area contributed by atoms with Crippen LogP contribution in [0.5, 0.6) is 0 Å². The molecule has 0 spiro atoms. The lowest BCUT2D eigenvalue weighted by molar-refractivity contribution is 0.721. The molecule has 0 saturated heterocycles. The van der Waals surface area contributed by atoms with Crippen molar-refractivity contribution < 1.29 is 0 Å². The minimum absolute atomic E-state index is 0.217. The molecular weight excluding hydrogens is 268 g/mol. The van der Waals surface area contributed by atoms with Gasteiger partial charge < -0.3 is 0 Å². The van der Waals surface area contributed by atoms with Gasteiger partial charge in [-0.05, 0) is 30.2 Å². The van der Waals surface area contributed by atoms with Gasteiger partial charge in [-0.2, -0.15) is 0 Å². The Morgan fingerprint density at radius 3 is 3.00 bits per heavy atom. The summed E-state index contributed by atoms with van der Waals surface area (Å²) < 4.78 is 2.62. The Kier molecular flexibility index (Phi) is 3.19. The summed E-state index contributed by atoms with van der Waals surface area (Å²) in [7, 11) is 0. The van der Waals surface area contributed by atoms with Crippen LogP contribution in [-0.4, -0.2) is 9.55 Å². The average molecular weight is 279 g/mol. The number of aryl methyl sites for hydroxylation is 1. The zero-order chi connectivity index (χ0) is 11.5. The summed E-state index contributed by atoms with van der Waals surface area (Å²) in [5.41, 5.74) is 1.84. The Hall–Kier alpha value is -1.42. The molecule has 2 rings (SSSR count). The molecule has 0 N–H and O–H groups in total. The molecule has 0 atom stereocenters. The Morgan fingerprint density at radius 1 is 1.44 bits per heavy atom. The Bertz CT molecular complexity index is 563. The van der Waals surface area contributed by atoms with Gasteiger partial charge in [0.05, 0.1) is 6.54 Å². The summed E-state index contributed by atoms with van der Waals surface area (Å²) in [5, 5.41) is 0. The van der Waals surface area contributed by atoms with Gasteiger partial charge in [0.2, 0.25) is 0 Å². The second-order valence-electron chi connectivity index (χ2n) is 3.67. The van der Waals surface area contributed by atoms with E-state index in [0.29, 0.717) is 6.54 Å². The van der Waals surface area contributed by atoms with Gasteiger partial charge in [0.1, 0.15) is 0 Å². The first-order valence-electron chi connectivity index (χ1n) is 4.93. The van der Waals surface area contributed by atoms with E-state index in [1.165, 1.54) is 0 Å². The van der Waals surface area contributed by atoms with Crippen molar-refractivity contribution in [1.29, 1.82) is 0 Å². The Balaban J connectivity index is 2.34. The molecule has 0 radical (unpaired) electrons. The number of benzene rings is 1. The largest absolute Gasteiger partial charge is 0.347 e. The fourth-order valence-electron chi connectivity index (χ4n) is 1.51. The predicted molar refractivity (Wildman–Crippen MR) is 66.5 cm³/mol. The molecule has 82 valence electrons. The molecule has 3 nitrogen and oxygen atoms in total.